The quantitative estimate of drug-likeness (QED) is 0.810. The predicted molar refractivity (Wildman–Crippen MR) is 84.9 cm³/mol. The Kier molecular flexibility index (Phi) is 5.96. The van der Waals surface area contributed by atoms with Gasteiger partial charge in [0.15, 0.2) is 0 Å². The molecule has 21 heavy (non-hydrogen) atoms. The molecule has 0 aliphatic carbocycles. The summed E-state index contributed by atoms with van der Waals surface area (Å²) in [6.07, 6.45) is 1.84. The van der Waals surface area contributed by atoms with Crippen LogP contribution in [0.5, 0.6) is 0 Å². The topological polar surface area (TPSA) is 41.3 Å². The highest BCUT2D eigenvalue weighted by Crippen LogP contribution is 2.17. The van der Waals surface area contributed by atoms with Crippen molar-refractivity contribution in [3.05, 3.63) is 53.2 Å². The Hall–Kier alpha value is -1.65. The lowest BCUT2D eigenvalue weighted by atomic mass is 10.2. The van der Waals surface area contributed by atoms with Gasteiger partial charge in [0.2, 0.25) is 0 Å². The van der Waals surface area contributed by atoms with Crippen molar-refractivity contribution < 1.29 is 4.42 Å². The SMILES string of the molecule is CCNCc1oc(CN(CC)Cc2ccccn2)cc1C. The van der Waals surface area contributed by atoms with Crippen molar-refractivity contribution in [3.8, 4) is 0 Å². The molecule has 4 nitrogen and oxygen atoms in total. The molecule has 0 saturated carbocycles. The van der Waals surface area contributed by atoms with E-state index in [-0.39, 0.29) is 0 Å². The zero-order chi connectivity index (χ0) is 15.1. The Bertz CT molecular complexity index is 536. The van der Waals surface area contributed by atoms with Crippen molar-refractivity contribution in [2.75, 3.05) is 13.1 Å². The Morgan fingerprint density at radius 2 is 2.10 bits per heavy atom. The fraction of sp³-hybridized carbons (Fsp3) is 0.471. The fourth-order valence-electron chi connectivity index (χ4n) is 2.30. The van der Waals surface area contributed by atoms with Crippen molar-refractivity contribution in [3.63, 3.8) is 0 Å². The normalized spacial score (nSPS) is 11.2. The zero-order valence-electron chi connectivity index (χ0n) is 13.2. The standard InChI is InChI=1S/C17H25N3O/c1-4-18-11-17-14(3)10-16(21-17)13-20(5-2)12-15-8-6-7-9-19-15/h6-10,18H,4-5,11-13H2,1-3H3. The first-order chi connectivity index (χ1) is 10.2. The summed E-state index contributed by atoms with van der Waals surface area (Å²) in [7, 11) is 0. The molecule has 2 aromatic heterocycles. The molecule has 0 aliphatic heterocycles. The van der Waals surface area contributed by atoms with Gasteiger partial charge in [-0.3, -0.25) is 9.88 Å². The number of nitrogens with zero attached hydrogens (tertiary/aromatic N) is 2. The maximum Gasteiger partial charge on any atom is 0.120 e. The third-order valence-electron chi connectivity index (χ3n) is 3.55. The van der Waals surface area contributed by atoms with E-state index >= 15 is 0 Å². The van der Waals surface area contributed by atoms with Gasteiger partial charge in [0, 0.05) is 12.7 Å². The molecule has 0 unspecified atom stereocenters. The summed E-state index contributed by atoms with van der Waals surface area (Å²) in [4.78, 5) is 6.72. The summed E-state index contributed by atoms with van der Waals surface area (Å²) in [5.41, 5.74) is 2.32. The molecular weight excluding hydrogens is 262 g/mol. The fourth-order valence-corrected chi connectivity index (χ4v) is 2.30. The van der Waals surface area contributed by atoms with Crippen LogP contribution in [0.3, 0.4) is 0 Å². The minimum atomic E-state index is 0.800. The number of hydrogen-bond donors (Lipinski definition) is 1. The molecule has 0 spiro atoms. The van der Waals surface area contributed by atoms with Crippen LogP contribution >= 0.6 is 0 Å². The van der Waals surface area contributed by atoms with Gasteiger partial charge in [-0.15, -0.1) is 0 Å². The van der Waals surface area contributed by atoms with Crippen molar-refractivity contribution >= 4 is 0 Å². The largest absolute Gasteiger partial charge is 0.463 e. The summed E-state index contributed by atoms with van der Waals surface area (Å²) in [6, 6.07) is 8.19. The maximum absolute atomic E-state index is 5.96. The lowest BCUT2D eigenvalue weighted by molar-refractivity contribution is 0.242. The molecule has 0 aliphatic rings. The predicted octanol–water partition coefficient (Wildman–Crippen LogP) is 3.11. The third-order valence-corrected chi connectivity index (χ3v) is 3.55. The number of hydrogen-bond acceptors (Lipinski definition) is 4. The molecule has 4 heteroatoms. The van der Waals surface area contributed by atoms with Gasteiger partial charge in [-0.25, -0.2) is 0 Å². The molecule has 0 amide bonds. The smallest absolute Gasteiger partial charge is 0.120 e. The van der Waals surface area contributed by atoms with Gasteiger partial charge < -0.3 is 9.73 Å². The summed E-state index contributed by atoms with van der Waals surface area (Å²) in [5.74, 6) is 2.07. The number of furan rings is 1. The maximum atomic E-state index is 5.96. The molecule has 0 bridgehead atoms. The van der Waals surface area contributed by atoms with Crippen LogP contribution in [0.4, 0.5) is 0 Å². The average molecular weight is 287 g/mol. The van der Waals surface area contributed by atoms with Crippen molar-refractivity contribution in [1.29, 1.82) is 0 Å². The van der Waals surface area contributed by atoms with E-state index in [4.69, 9.17) is 4.42 Å². The average Bonchev–Trinajstić information content (AvgIpc) is 2.85. The number of nitrogens with one attached hydrogen (secondary N) is 1. The van der Waals surface area contributed by atoms with Gasteiger partial charge >= 0.3 is 0 Å². The minimum Gasteiger partial charge on any atom is -0.463 e. The molecule has 0 saturated heterocycles. The Balaban J connectivity index is 1.98. The highest BCUT2D eigenvalue weighted by molar-refractivity contribution is 5.20. The summed E-state index contributed by atoms with van der Waals surface area (Å²) in [5, 5.41) is 3.31. The second kappa shape index (κ2) is 7.96. The number of pyridine rings is 1. The van der Waals surface area contributed by atoms with Gasteiger partial charge in [0.1, 0.15) is 11.5 Å². The molecule has 0 radical (unpaired) electrons. The lowest BCUT2D eigenvalue weighted by Gasteiger charge is -2.18. The first-order valence-corrected chi connectivity index (χ1v) is 7.64. The van der Waals surface area contributed by atoms with E-state index in [9.17, 15) is 0 Å². The van der Waals surface area contributed by atoms with E-state index in [1.165, 1.54) is 5.56 Å². The van der Waals surface area contributed by atoms with Crippen LogP contribution in [-0.2, 0) is 19.6 Å². The van der Waals surface area contributed by atoms with Crippen LogP contribution in [0.1, 0.15) is 36.6 Å². The van der Waals surface area contributed by atoms with Crippen molar-refractivity contribution in [2.45, 2.75) is 40.4 Å². The monoisotopic (exact) mass is 287 g/mol. The minimum absolute atomic E-state index is 0.800. The van der Waals surface area contributed by atoms with Gasteiger partial charge in [0.05, 0.1) is 18.8 Å². The zero-order valence-corrected chi connectivity index (χ0v) is 13.2. The third kappa shape index (κ3) is 4.69. The number of rotatable bonds is 8. The molecule has 2 heterocycles. The van der Waals surface area contributed by atoms with Crippen molar-refractivity contribution in [2.24, 2.45) is 0 Å². The van der Waals surface area contributed by atoms with Crippen LogP contribution in [-0.4, -0.2) is 23.0 Å². The number of aromatic nitrogens is 1. The van der Waals surface area contributed by atoms with Gasteiger partial charge in [-0.1, -0.05) is 19.9 Å². The highest BCUT2D eigenvalue weighted by atomic mass is 16.3. The Morgan fingerprint density at radius 3 is 2.76 bits per heavy atom. The van der Waals surface area contributed by atoms with Crippen LogP contribution in [0.25, 0.3) is 0 Å². The number of aryl methyl sites for hydroxylation is 1. The van der Waals surface area contributed by atoms with Gasteiger partial charge in [-0.2, -0.15) is 0 Å². The molecule has 114 valence electrons. The second-order valence-electron chi connectivity index (χ2n) is 5.22. The summed E-state index contributed by atoms with van der Waals surface area (Å²) in [6.45, 7) is 10.8. The van der Waals surface area contributed by atoms with E-state index in [2.05, 4.69) is 48.1 Å². The molecular formula is C17H25N3O. The highest BCUT2D eigenvalue weighted by Gasteiger charge is 2.11. The van der Waals surface area contributed by atoms with E-state index in [1.54, 1.807) is 0 Å². The van der Waals surface area contributed by atoms with Gasteiger partial charge in [-0.05, 0) is 43.8 Å². The molecule has 2 rings (SSSR count). The second-order valence-corrected chi connectivity index (χ2v) is 5.22. The van der Waals surface area contributed by atoms with E-state index < -0.39 is 0 Å². The van der Waals surface area contributed by atoms with E-state index in [1.807, 2.05) is 18.3 Å². The van der Waals surface area contributed by atoms with Gasteiger partial charge in [0.25, 0.3) is 0 Å². The van der Waals surface area contributed by atoms with Crippen LogP contribution in [0.15, 0.2) is 34.9 Å². The van der Waals surface area contributed by atoms with E-state index in [0.29, 0.717) is 0 Å². The van der Waals surface area contributed by atoms with E-state index in [0.717, 1.165) is 49.9 Å². The first-order valence-electron chi connectivity index (χ1n) is 7.64. The molecule has 0 aromatic carbocycles. The molecule has 2 aromatic rings. The Morgan fingerprint density at radius 1 is 1.24 bits per heavy atom. The van der Waals surface area contributed by atoms with Crippen LogP contribution in [0.2, 0.25) is 0 Å². The molecule has 1 N–H and O–H groups in total. The Labute approximate surface area is 127 Å². The molecule has 0 fully saturated rings. The lowest BCUT2D eigenvalue weighted by Crippen LogP contribution is -2.22. The summed E-state index contributed by atoms with van der Waals surface area (Å²) < 4.78 is 5.96. The summed E-state index contributed by atoms with van der Waals surface area (Å²) >= 11 is 0. The van der Waals surface area contributed by atoms with Crippen LogP contribution < -0.4 is 5.32 Å². The van der Waals surface area contributed by atoms with Crippen molar-refractivity contribution in [1.82, 2.24) is 15.2 Å². The molecule has 0 atom stereocenters. The van der Waals surface area contributed by atoms with Crippen LogP contribution in [0, 0.1) is 6.92 Å². The first kappa shape index (κ1) is 15.7.